The van der Waals surface area contributed by atoms with E-state index in [4.69, 9.17) is 25.2 Å². The third kappa shape index (κ3) is 21.5. The molecule has 0 aromatic rings. The molecule has 0 N–H and O–H groups in total. The van der Waals surface area contributed by atoms with E-state index in [1.807, 2.05) is 27.9 Å². The van der Waals surface area contributed by atoms with Gasteiger partial charge in [0.1, 0.15) is 14.5 Å². The minimum atomic E-state index is 0. The van der Waals surface area contributed by atoms with E-state index in [1.54, 1.807) is 14.4 Å². The SMILES string of the molecule is C.[B]N(C)COC(=C)CC.[B][B][N+](C)(C)COC(=C)CC.[CH3-]. The molecule has 7 heteroatoms. The lowest BCUT2D eigenvalue weighted by atomic mass is 9.64. The Kier molecular flexibility index (Phi) is 22.0. The Labute approximate surface area is 143 Å². The summed E-state index contributed by atoms with van der Waals surface area (Å²) < 4.78 is 10.9. The topological polar surface area (TPSA) is 21.7 Å². The van der Waals surface area contributed by atoms with E-state index >= 15 is 0 Å². The molecule has 22 heavy (non-hydrogen) atoms. The molecule has 0 unspecified atom stereocenters. The minimum Gasteiger partial charge on any atom is -0.484 e. The van der Waals surface area contributed by atoms with Gasteiger partial charge in [0.05, 0.1) is 25.6 Å². The van der Waals surface area contributed by atoms with E-state index in [1.165, 1.54) is 4.81 Å². The number of rotatable bonds is 9. The highest BCUT2D eigenvalue weighted by molar-refractivity contribution is 6.84. The minimum absolute atomic E-state index is 0. The van der Waals surface area contributed by atoms with Gasteiger partial charge in [0.15, 0.2) is 7.98 Å². The Morgan fingerprint density at radius 3 is 1.86 bits per heavy atom. The largest absolute Gasteiger partial charge is 0.484 e. The van der Waals surface area contributed by atoms with Crippen LogP contribution >= 0.6 is 0 Å². The second-order valence-electron chi connectivity index (χ2n) is 5.02. The highest BCUT2D eigenvalue weighted by atomic mass is 16.5. The lowest BCUT2D eigenvalue weighted by molar-refractivity contribution is -0.799. The first-order valence-electron chi connectivity index (χ1n) is 6.64. The van der Waals surface area contributed by atoms with E-state index in [0.29, 0.717) is 17.9 Å². The second kappa shape index (κ2) is 16.6. The molecule has 0 aromatic carbocycles. The fourth-order valence-corrected chi connectivity index (χ4v) is 0.698. The maximum absolute atomic E-state index is 5.37. The molecule has 0 heterocycles. The fourth-order valence-electron chi connectivity index (χ4n) is 0.698. The number of hydrogen-bond donors (Lipinski definition) is 0. The van der Waals surface area contributed by atoms with Crippen molar-refractivity contribution in [3.8, 4) is 0 Å². The van der Waals surface area contributed by atoms with Crippen LogP contribution in [0.15, 0.2) is 24.7 Å². The number of quaternary nitrogens is 1. The number of allylic oxidation sites excluding steroid dienone is 2. The summed E-state index contributed by atoms with van der Waals surface area (Å²) in [7, 11) is 17.9. The zero-order chi connectivity index (χ0) is 16.2. The summed E-state index contributed by atoms with van der Waals surface area (Å²) in [4.78, 5) is 1.46. The van der Waals surface area contributed by atoms with Gasteiger partial charge in [0, 0.05) is 12.8 Å². The van der Waals surface area contributed by atoms with Gasteiger partial charge in [0.2, 0.25) is 6.73 Å². The van der Waals surface area contributed by atoms with Crippen molar-refractivity contribution in [2.75, 3.05) is 34.6 Å². The molecule has 0 fully saturated rings. The molecular weight excluding hydrogens is 273 g/mol. The van der Waals surface area contributed by atoms with Crippen LogP contribution in [0.5, 0.6) is 0 Å². The highest BCUT2D eigenvalue weighted by Crippen LogP contribution is 2.02. The summed E-state index contributed by atoms with van der Waals surface area (Å²) in [5.41, 5.74) is 0. The van der Waals surface area contributed by atoms with Crippen LogP contribution in [0.2, 0.25) is 0 Å². The standard InChI is InChI=1S/C7H15B2NO.C6H12BNO.CH4.CH3/c1-5-7(2)11-6-10(3,4)9-8;1-4-6(2)9-5-8(3)7;;/h2,5-6H2,1,3-4H3;2,4-5H2,1,3H3;1H4;1H3/q+1;;;-1. The average molecular weight is 307 g/mol. The summed E-state index contributed by atoms with van der Waals surface area (Å²) in [6, 6.07) is 0. The van der Waals surface area contributed by atoms with Gasteiger partial charge in [-0.1, -0.05) is 34.4 Å². The first kappa shape index (κ1) is 29.2. The van der Waals surface area contributed by atoms with Gasteiger partial charge < -0.3 is 26.1 Å². The van der Waals surface area contributed by atoms with Crippen LogP contribution in [0.1, 0.15) is 34.1 Å². The van der Waals surface area contributed by atoms with Crippen molar-refractivity contribution in [1.82, 2.24) is 4.81 Å². The molecule has 0 rings (SSSR count). The van der Waals surface area contributed by atoms with Crippen LogP contribution in [0, 0.1) is 7.43 Å². The number of ether oxygens (including phenoxy) is 2. The monoisotopic (exact) mass is 307 g/mol. The van der Waals surface area contributed by atoms with Crippen LogP contribution in [0.25, 0.3) is 0 Å². The van der Waals surface area contributed by atoms with Crippen LogP contribution in [0.3, 0.4) is 0 Å². The molecular formula is C15H34B3N2O2. The molecule has 125 valence electrons. The Balaban J connectivity index is -0.000000137. The smallest absolute Gasteiger partial charge is 0.372 e. The molecule has 0 aromatic heterocycles. The zero-order valence-corrected chi connectivity index (χ0v) is 14.7. The van der Waals surface area contributed by atoms with Crippen molar-refractivity contribution >= 4 is 23.0 Å². The molecule has 4 nitrogen and oxygen atoms in total. The molecule has 0 amide bonds. The second-order valence-corrected chi connectivity index (χ2v) is 5.02. The lowest BCUT2D eigenvalue weighted by Crippen LogP contribution is -2.45. The van der Waals surface area contributed by atoms with Crippen LogP contribution < -0.4 is 0 Å². The summed E-state index contributed by atoms with van der Waals surface area (Å²) >= 11 is 0. The molecule has 0 atom stereocenters. The fraction of sp³-hybridized carbons (Fsp3) is 0.667. The van der Waals surface area contributed by atoms with E-state index in [0.717, 1.165) is 24.4 Å². The highest BCUT2D eigenvalue weighted by Gasteiger charge is 2.13. The molecule has 5 radical (unpaired) electrons. The van der Waals surface area contributed by atoms with E-state index in [-0.39, 0.29) is 14.9 Å². The van der Waals surface area contributed by atoms with Crippen molar-refractivity contribution in [2.45, 2.75) is 34.1 Å². The van der Waals surface area contributed by atoms with E-state index in [2.05, 4.69) is 13.2 Å². The molecule has 0 bridgehead atoms. The quantitative estimate of drug-likeness (QED) is 0.283. The van der Waals surface area contributed by atoms with Gasteiger partial charge in [-0.2, -0.15) is 0 Å². The number of nitrogens with zero attached hydrogens (tertiary/aromatic N) is 2. The van der Waals surface area contributed by atoms with Gasteiger partial charge in [-0.15, -0.1) is 0 Å². The van der Waals surface area contributed by atoms with Crippen molar-refractivity contribution < 1.29 is 13.9 Å². The molecule has 0 spiro atoms. The zero-order valence-electron chi connectivity index (χ0n) is 14.7. The summed E-state index contributed by atoms with van der Waals surface area (Å²) in [5, 5.41) is 0. The van der Waals surface area contributed by atoms with Crippen LogP contribution in [-0.4, -0.2) is 66.8 Å². The van der Waals surface area contributed by atoms with E-state index in [9.17, 15) is 0 Å². The third-order valence-corrected chi connectivity index (χ3v) is 2.27. The average Bonchev–Trinajstić information content (AvgIpc) is 2.42. The van der Waals surface area contributed by atoms with E-state index < -0.39 is 0 Å². The van der Waals surface area contributed by atoms with Gasteiger partial charge in [-0.05, 0) is 7.05 Å². The van der Waals surface area contributed by atoms with Gasteiger partial charge in [-0.25, -0.2) is 0 Å². The third-order valence-electron chi connectivity index (χ3n) is 2.27. The van der Waals surface area contributed by atoms with Gasteiger partial charge in [0.25, 0.3) is 0 Å². The maximum Gasteiger partial charge on any atom is 0.372 e. The predicted molar refractivity (Wildman–Crippen MR) is 101 cm³/mol. The number of hydrogen-bond acceptors (Lipinski definition) is 3. The Hall–Kier alpha value is -0.805. The first-order valence-corrected chi connectivity index (χ1v) is 6.64. The molecule has 0 saturated carbocycles. The normalized spacial score (nSPS) is 9.36. The summed E-state index contributed by atoms with van der Waals surface area (Å²) in [6.45, 7) is 12.3. The predicted octanol–water partition coefficient (Wildman–Crippen LogP) is 2.65. The lowest BCUT2D eigenvalue weighted by Gasteiger charge is -2.28. The van der Waals surface area contributed by atoms with Gasteiger partial charge >= 0.3 is 7.31 Å². The Morgan fingerprint density at radius 2 is 1.55 bits per heavy atom. The maximum atomic E-state index is 5.37. The van der Waals surface area contributed by atoms with Crippen molar-refractivity contribution in [3.05, 3.63) is 32.1 Å². The summed E-state index contributed by atoms with van der Waals surface area (Å²) in [6.07, 6.45) is 1.69. The molecule has 0 saturated heterocycles. The molecule has 0 aliphatic rings. The van der Waals surface area contributed by atoms with Crippen molar-refractivity contribution in [3.63, 3.8) is 0 Å². The summed E-state index contributed by atoms with van der Waals surface area (Å²) in [5.74, 6) is 1.57. The molecule has 0 aliphatic carbocycles. The Bertz CT molecular complexity index is 286. The first-order chi connectivity index (χ1) is 9.18. The van der Waals surface area contributed by atoms with Crippen molar-refractivity contribution in [2.24, 2.45) is 0 Å². The van der Waals surface area contributed by atoms with Crippen LogP contribution in [-0.2, 0) is 9.47 Å². The molecule has 0 aliphatic heterocycles. The van der Waals surface area contributed by atoms with Gasteiger partial charge in [-0.3, -0.25) is 0 Å². The van der Waals surface area contributed by atoms with Crippen LogP contribution in [0.4, 0.5) is 0 Å². The van der Waals surface area contributed by atoms with Crippen molar-refractivity contribution in [1.29, 1.82) is 0 Å². The Morgan fingerprint density at radius 1 is 1.14 bits per heavy atom.